The molecule has 208 valence electrons. The van der Waals surface area contributed by atoms with Crippen LogP contribution < -0.4 is 4.74 Å². The summed E-state index contributed by atoms with van der Waals surface area (Å²) in [5.41, 5.74) is -3.85. The summed E-state index contributed by atoms with van der Waals surface area (Å²) < 4.78 is 239. The van der Waals surface area contributed by atoms with Crippen molar-refractivity contribution in [3.05, 3.63) is 157 Å². The zero-order chi connectivity index (χ0) is 52.1. The summed E-state index contributed by atoms with van der Waals surface area (Å²) in [6.45, 7) is 0. The lowest BCUT2D eigenvalue weighted by Gasteiger charge is -2.24. The van der Waals surface area contributed by atoms with Crippen LogP contribution in [0.3, 0.4) is 0 Å². The van der Waals surface area contributed by atoms with E-state index in [4.69, 9.17) is 28.0 Å². The molecule has 10 rings (SSSR count). The Hall–Kier alpha value is -5.92. The Morgan fingerprint density at radius 3 is 1.87 bits per heavy atom. The van der Waals surface area contributed by atoms with Gasteiger partial charge >= 0.3 is 0 Å². The quantitative estimate of drug-likeness (QED) is 0.142. The molecule has 0 aromatic heterocycles. The van der Waals surface area contributed by atoms with Gasteiger partial charge in [0, 0.05) is 16.3 Å². The molecule has 1 nitrogen and oxygen atoms in total. The van der Waals surface area contributed by atoms with E-state index < -0.39 is 256 Å². The molecule has 1 aliphatic heterocycles. The van der Waals surface area contributed by atoms with Crippen LogP contribution in [0, 0.1) is 0 Å². The highest BCUT2D eigenvalue weighted by Crippen LogP contribution is 2.51. The summed E-state index contributed by atoms with van der Waals surface area (Å²) >= 11 is 0. The summed E-state index contributed by atoms with van der Waals surface area (Å²) in [5.74, 6) is -1.14. The molecule has 0 amide bonds. The maximum Gasteiger partial charge on any atom is 0.143 e. The van der Waals surface area contributed by atoms with Gasteiger partial charge in [-0.25, -0.2) is 0 Å². The van der Waals surface area contributed by atoms with Crippen LogP contribution in [0.15, 0.2) is 157 Å². The van der Waals surface area contributed by atoms with Gasteiger partial charge in [-0.2, -0.15) is 0 Å². The van der Waals surface area contributed by atoms with Gasteiger partial charge in [-0.15, -0.1) is 0 Å². The van der Waals surface area contributed by atoms with Gasteiger partial charge in [0.1, 0.15) is 11.5 Å². The second kappa shape index (κ2) is 9.29. The fourth-order valence-electron chi connectivity index (χ4n) is 5.66. The number of fused-ring (bicyclic) bond motifs is 8. The first-order valence-corrected chi connectivity index (χ1v) is 13.4. The van der Waals surface area contributed by atoms with E-state index in [-0.39, 0.29) is 0 Å². The third-order valence-electron chi connectivity index (χ3n) is 7.62. The molecule has 0 spiro atoms. The summed E-state index contributed by atoms with van der Waals surface area (Å²) in [6.07, 6.45) is 0. The molecular weight excluding hydrogens is 544 g/mol. The Morgan fingerprint density at radius 1 is 0.378 bits per heavy atom. The number of hydrogen-bond acceptors (Lipinski definition) is 1. The number of benzene rings is 9. The monoisotopic (exact) mass is 596 g/mol. The van der Waals surface area contributed by atoms with Gasteiger partial charge in [0.15, 0.2) is 0 Å². The van der Waals surface area contributed by atoms with Crippen LogP contribution in [0.25, 0.3) is 87.2 Å². The third-order valence-corrected chi connectivity index (χ3v) is 7.62. The molecule has 0 aliphatic carbocycles. The molecule has 45 heavy (non-hydrogen) atoms. The van der Waals surface area contributed by atoms with E-state index in [0.717, 1.165) is 0 Å². The highest BCUT2D eigenvalue weighted by molar-refractivity contribution is 6.20. The molecule has 1 heteroatoms. The molecule has 9 aromatic carbocycles. The molecule has 1 aliphatic rings. The van der Waals surface area contributed by atoms with E-state index in [1.165, 1.54) is 0 Å². The van der Waals surface area contributed by atoms with Crippen molar-refractivity contribution in [2.24, 2.45) is 0 Å². The van der Waals surface area contributed by atoms with Gasteiger partial charge in [-0.3, -0.25) is 0 Å². The van der Waals surface area contributed by atoms with Crippen LogP contribution in [0.2, 0.25) is 0 Å². The maximum absolute atomic E-state index is 9.59. The molecule has 0 atom stereocenters. The summed E-state index contributed by atoms with van der Waals surface area (Å²) in [6, 6.07) is -22.1. The van der Waals surface area contributed by atoms with Crippen molar-refractivity contribution in [3.63, 3.8) is 0 Å². The lowest BCUT2D eigenvalue weighted by Crippen LogP contribution is -1.98. The van der Waals surface area contributed by atoms with Crippen LogP contribution in [0.5, 0.6) is 11.5 Å². The van der Waals surface area contributed by atoms with Crippen LogP contribution in [-0.2, 0) is 0 Å². The minimum atomic E-state index is -1.05. The predicted molar refractivity (Wildman–Crippen MR) is 190 cm³/mol. The van der Waals surface area contributed by atoms with Crippen molar-refractivity contribution in [2.75, 3.05) is 0 Å². The van der Waals surface area contributed by atoms with Gasteiger partial charge in [0.05, 0.1) is 35.6 Å². The molecule has 0 fully saturated rings. The highest BCUT2D eigenvalue weighted by Gasteiger charge is 2.23. The minimum absolute atomic E-state index is 0.425. The Balaban J connectivity index is 1.40. The summed E-state index contributed by atoms with van der Waals surface area (Å²) in [4.78, 5) is 0. The Morgan fingerprint density at radius 2 is 1.02 bits per heavy atom. The molecule has 0 saturated heterocycles. The van der Waals surface area contributed by atoms with E-state index in [1.807, 2.05) is 0 Å². The lowest BCUT2D eigenvalue weighted by molar-refractivity contribution is 0.493. The van der Waals surface area contributed by atoms with Crippen molar-refractivity contribution in [2.45, 2.75) is 0 Å². The normalized spacial score (nSPS) is 20.3. The first-order valence-electron chi connectivity index (χ1n) is 26.4. The SMILES string of the molecule is [2H]c1c([2H])c(-c2c3c([2H])c([2H])c([2H])c([2H])c3c([2H])c3c2c([2H])c([2H])c2c([2H])c([2H])c([2H])c([2H])c23)c([2H])c([2H])c1-c1c([2H])c([2H])c2c3c(c([2H])c([2H])c([2H])c13)-c1c([2H])c([2H])c3c([2H])c([2H])c([2H])c([2H])c3c1O2. The van der Waals surface area contributed by atoms with Gasteiger partial charge in [-0.1, -0.05) is 139 Å². The fourth-order valence-corrected chi connectivity index (χ4v) is 5.66. The predicted octanol–water partition coefficient (Wildman–Crippen LogP) is 12.6. The zero-order valence-electron chi connectivity index (χ0n) is 48.4. The van der Waals surface area contributed by atoms with Gasteiger partial charge < -0.3 is 4.74 Å². The molecule has 0 bridgehead atoms. The number of ether oxygens (including phenoxy) is 1. The topological polar surface area (TPSA) is 9.23 Å². The molecule has 1 heterocycles. The summed E-state index contributed by atoms with van der Waals surface area (Å²) in [7, 11) is 0. The smallest absolute Gasteiger partial charge is 0.143 e. The van der Waals surface area contributed by atoms with E-state index in [2.05, 4.69) is 0 Å². The first kappa shape index (κ1) is 10.3. The standard InChI is InChI=1S/C44H26O/c1-4-11-32-27(8-1)20-22-38-40(32)26-31-10-3-5-12-34(31)42(38)30-18-16-29(17-19-30)33-24-25-41-43-36(33)14-7-15-37(43)39-23-21-28-9-2-6-13-35(28)44(39)45-41/h1-26H/i1D,2D,3D,4D,5D,6D,7D,8D,9D,10D,11D,12D,13D,14D,15D,16D,17D,18D,19D,20D,21D,22D,23D,24D,25D,26D. The first-order chi connectivity index (χ1) is 33.2. The van der Waals surface area contributed by atoms with E-state index in [9.17, 15) is 12.3 Å². The van der Waals surface area contributed by atoms with Gasteiger partial charge in [-0.05, 0) is 89.0 Å². The van der Waals surface area contributed by atoms with Crippen molar-refractivity contribution in [1.29, 1.82) is 0 Å². The third kappa shape index (κ3) is 3.56. The zero-order valence-corrected chi connectivity index (χ0v) is 22.4. The summed E-state index contributed by atoms with van der Waals surface area (Å²) in [5, 5.41) is -5.29. The van der Waals surface area contributed by atoms with Gasteiger partial charge in [0.2, 0.25) is 0 Å². The van der Waals surface area contributed by atoms with Crippen molar-refractivity contribution in [1.82, 2.24) is 0 Å². The average Bonchev–Trinajstić information content (AvgIpc) is 3.34. The van der Waals surface area contributed by atoms with Crippen LogP contribution in [0.1, 0.15) is 35.6 Å². The van der Waals surface area contributed by atoms with Crippen LogP contribution in [0.4, 0.5) is 0 Å². The lowest BCUT2D eigenvalue weighted by atomic mass is 9.88. The van der Waals surface area contributed by atoms with Gasteiger partial charge in [0.25, 0.3) is 0 Å². The van der Waals surface area contributed by atoms with E-state index in [0.29, 0.717) is 0 Å². The Bertz CT molecular complexity index is 4120. The van der Waals surface area contributed by atoms with Crippen molar-refractivity contribution in [3.8, 4) is 44.9 Å². The number of rotatable bonds is 2. The van der Waals surface area contributed by atoms with E-state index in [1.54, 1.807) is 0 Å². The molecule has 0 radical (unpaired) electrons. The second-order valence-electron chi connectivity index (χ2n) is 10.0. The minimum Gasteiger partial charge on any atom is -0.455 e. The molecule has 0 unspecified atom stereocenters. The second-order valence-corrected chi connectivity index (χ2v) is 10.0. The highest BCUT2D eigenvalue weighted by atomic mass is 16.5. The van der Waals surface area contributed by atoms with Crippen LogP contribution >= 0.6 is 0 Å². The fraction of sp³-hybridized carbons (Fsp3) is 0. The Labute approximate surface area is 297 Å². The molecule has 0 saturated carbocycles. The molecule has 0 N–H and O–H groups in total. The van der Waals surface area contributed by atoms with Crippen molar-refractivity contribution < 1.29 is 40.4 Å². The largest absolute Gasteiger partial charge is 0.455 e. The van der Waals surface area contributed by atoms with E-state index >= 15 is 0 Å². The number of hydrogen-bond donors (Lipinski definition) is 0. The maximum atomic E-state index is 9.59. The van der Waals surface area contributed by atoms with Crippen molar-refractivity contribution >= 4 is 53.9 Å². The van der Waals surface area contributed by atoms with Crippen LogP contribution in [-0.4, -0.2) is 0 Å². The Kier molecular flexibility index (Phi) is 2.13. The molecular formula is C44H26O. The average molecular weight is 597 g/mol. The molecule has 9 aromatic rings.